The molecule has 0 heterocycles. The second kappa shape index (κ2) is 3.88. The summed E-state index contributed by atoms with van der Waals surface area (Å²) < 4.78 is 0. The van der Waals surface area contributed by atoms with E-state index in [1.807, 2.05) is 18.2 Å². The number of rotatable bonds is 3. The van der Waals surface area contributed by atoms with Gasteiger partial charge in [0, 0.05) is 0 Å². The maximum absolute atomic E-state index is 10.7. The highest BCUT2D eigenvalue weighted by Crippen LogP contribution is 2.40. The number of carboxylic acids is 1. The first-order valence-electron chi connectivity index (χ1n) is 5.97. The monoisotopic (exact) mass is 226 g/mol. The highest BCUT2D eigenvalue weighted by molar-refractivity contribution is 5.85. The molecule has 0 spiro atoms. The molecular weight excluding hydrogens is 212 g/mol. The van der Waals surface area contributed by atoms with Crippen molar-refractivity contribution in [2.24, 2.45) is 0 Å². The lowest BCUT2D eigenvalue weighted by Crippen LogP contribution is -1.99. The molecule has 86 valence electrons. The molecule has 0 radical (unpaired) electrons. The lowest BCUT2D eigenvalue weighted by Gasteiger charge is -2.04. The second-order valence-corrected chi connectivity index (χ2v) is 4.79. The molecule has 17 heavy (non-hydrogen) atoms. The number of hydrogen-bond acceptors (Lipinski definition) is 1. The van der Waals surface area contributed by atoms with E-state index in [9.17, 15) is 4.79 Å². The van der Waals surface area contributed by atoms with Crippen molar-refractivity contribution in [3.63, 3.8) is 0 Å². The van der Waals surface area contributed by atoms with Crippen LogP contribution in [0.15, 0.2) is 36.4 Å². The Morgan fingerprint density at radius 1 is 1.12 bits per heavy atom. The van der Waals surface area contributed by atoms with E-state index in [2.05, 4.69) is 18.2 Å². The van der Waals surface area contributed by atoms with Crippen molar-refractivity contribution in [2.45, 2.75) is 25.2 Å². The molecule has 2 aromatic rings. The molecule has 2 heteroatoms. The van der Waals surface area contributed by atoms with Gasteiger partial charge in [-0.25, -0.2) is 0 Å². The molecule has 0 aliphatic heterocycles. The van der Waals surface area contributed by atoms with Crippen LogP contribution in [0.2, 0.25) is 0 Å². The zero-order valence-corrected chi connectivity index (χ0v) is 9.52. The zero-order chi connectivity index (χ0) is 11.8. The predicted octanol–water partition coefficient (Wildman–Crippen LogP) is 3.34. The molecule has 2 aromatic carbocycles. The van der Waals surface area contributed by atoms with Crippen LogP contribution in [0.4, 0.5) is 0 Å². The Labute approximate surface area is 99.9 Å². The van der Waals surface area contributed by atoms with Gasteiger partial charge in [-0.1, -0.05) is 36.4 Å². The highest BCUT2D eigenvalue weighted by atomic mass is 16.4. The summed E-state index contributed by atoms with van der Waals surface area (Å²) in [5.41, 5.74) is 2.28. The quantitative estimate of drug-likeness (QED) is 0.871. The minimum absolute atomic E-state index is 0.0975. The molecule has 1 fully saturated rings. The van der Waals surface area contributed by atoms with Gasteiger partial charge >= 0.3 is 5.97 Å². The van der Waals surface area contributed by atoms with E-state index in [4.69, 9.17) is 5.11 Å². The van der Waals surface area contributed by atoms with Crippen LogP contribution in [0, 0.1) is 0 Å². The average Bonchev–Trinajstić information content (AvgIpc) is 3.11. The first-order valence-corrected chi connectivity index (χ1v) is 5.97. The third-order valence-corrected chi connectivity index (χ3v) is 3.33. The third kappa shape index (κ3) is 2.16. The molecule has 1 aliphatic carbocycles. The Morgan fingerprint density at radius 3 is 2.53 bits per heavy atom. The summed E-state index contributed by atoms with van der Waals surface area (Å²) in [5.74, 6) is -0.0166. The molecule has 0 aromatic heterocycles. The van der Waals surface area contributed by atoms with Gasteiger partial charge in [-0.2, -0.15) is 0 Å². The fraction of sp³-hybridized carbons (Fsp3) is 0.267. The van der Waals surface area contributed by atoms with E-state index in [-0.39, 0.29) is 6.42 Å². The minimum atomic E-state index is -0.779. The van der Waals surface area contributed by atoms with Crippen LogP contribution in [-0.4, -0.2) is 11.1 Å². The Hall–Kier alpha value is -1.83. The molecule has 0 saturated heterocycles. The standard InChI is InChI=1S/C15H14O2/c16-15(17)8-10-1-2-14-9-13(11-3-4-11)6-5-12(14)7-10/h1-2,5-7,9,11H,3-4,8H2,(H,16,17). The van der Waals surface area contributed by atoms with Gasteiger partial charge in [0.1, 0.15) is 0 Å². The van der Waals surface area contributed by atoms with Gasteiger partial charge in [-0.05, 0) is 40.7 Å². The molecule has 1 saturated carbocycles. The van der Waals surface area contributed by atoms with E-state index in [1.165, 1.54) is 23.8 Å². The molecular formula is C15H14O2. The van der Waals surface area contributed by atoms with Gasteiger partial charge in [0.25, 0.3) is 0 Å². The molecule has 0 unspecified atom stereocenters. The molecule has 0 bridgehead atoms. The van der Waals surface area contributed by atoms with E-state index in [1.54, 1.807) is 0 Å². The predicted molar refractivity (Wildman–Crippen MR) is 67.3 cm³/mol. The summed E-state index contributed by atoms with van der Waals surface area (Å²) in [7, 11) is 0. The lowest BCUT2D eigenvalue weighted by molar-refractivity contribution is -0.136. The Morgan fingerprint density at radius 2 is 1.82 bits per heavy atom. The smallest absolute Gasteiger partial charge is 0.307 e. The maximum atomic E-state index is 10.7. The van der Waals surface area contributed by atoms with Crippen molar-refractivity contribution in [2.75, 3.05) is 0 Å². The highest BCUT2D eigenvalue weighted by Gasteiger charge is 2.23. The first kappa shape index (κ1) is 10.3. The summed E-state index contributed by atoms with van der Waals surface area (Å²) in [6.07, 6.45) is 2.71. The fourth-order valence-electron chi connectivity index (χ4n) is 2.27. The summed E-state index contributed by atoms with van der Waals surface area (Å²) in [4.78, 5) is 10.7. The van der Waals surface area contributed by atoms with Crippen molar-refractivity contribution in [1.29, 1.82) is 0 Å². The topological polar surface area (TPSA) is 37.3 Å². The van der Waals surface area contributed by atoms with Gasteiger partial charge in [-0.15, -0.1) is 0 Å². The van der Waals surface area contributed by atoms with E-state index in [0.717, 1.165) is 16.9 Å². The van der Waals surface area contributed by atoms with Crippen molar-refractivity contribution in [3.8, 4) is 0 Å². The van der Waals surface area contributed by atoms with E-state index < -0.39 is 5.97 Å². The number of hydrogen-bond donors (Lipinski definition) is 1. The van der Waals surface area contributed by atoms with Gasteiger partial charge in [-0.3, -0.25) is 4.79 Å². The van der Waals surface area contributed by atoms with Crippen LogP contribution in [0.25, 0.3) is 10.8 Å². The maximum Gasteiger partial charge on any atom is 0.307 e. The van der Waals surface area contributed by atoms with Gasteiger partial charge in [0.05, 0.1) is 6.42 Å². The summed E-state index contributed by atoms with van der Waals surface area (Å²) in [6.45, 7) is 0. The van der Waals surface area contributed by atoms with Gasteiger partial charge in [0.2, 0.25) is 0 Å². The molecule has 1 aliphatic rings. The molecule has 0 atom stereocenters. The SMILES string of the molecule is O=C(O)Cc1ccc2cc(C3CC3)ccc2c1. The summed E-state index contributed by atoms with van der Waals surface area (Å²) in [5, 5.41) is 11.1. The summed E-state index contributed by atoms with van der Waals surface area (Å²) >= 11 is 0. The first-order chi connectivity index (χ1) is 8.22. The summed E-state index contributed by atoms with van der Waals surface area (Å²) in [6, 6.07) is 12.4. The molecule has 3 rings (SSSR count). The normalized spacial score (nSPS) is 15.1. The Kier molecular flexibility index (Phi) is 2.36. The number of benzene rings is 2. The van der Waals surface area contributed by atoms with Crippen molar-refractivity contribution < 1.29 is 9.90 Å². The number of carboxylic acid groups (broad SMARTS) is 1. The van der Waals surface area contributed by atoms with Gasteiger partial charge < -0.3 is 5.11 Å². The lowest BCUT2D eigenvalue weighted by atomic mass is 10.0. The average molecular weight is 226 g/mol. The van der Waals surface area contributed by atoms with E-state index in [0.29, 0.717) is 0 Å². The third-order valence-electron chi connectivity index (χ3n) is 3.33. The van der Waals surface area contributed by atoms with Crippen molar-refractivity contribution in [1.82, 2.24) is 0 Å². The number of carbonyl (C=O) groups is 1. The second-order valence-electron chi connectivity index (χ2n) is 4.79. The van der Waals surface area contributed by atoms with Gasteiger partial charge in [0.15, 0.2) is 0 Å². The van der Waals surface area contributed by atoms with Crippen LogP contribution in [0.5, 0.6) is 0 Å². The molecule has 1 N–H and O–H groups in total. The van der Waals surface area contributed by atoms with Crippen LogP contribution < -0.4 is 0 Å². The van der Waals surface area contributed by atoms with Crippen LogP contribution in [-0.2, 0) is 11.2 Å². The number of fused-ring (bicyclic) bond motifs is 1. The number of aliphatic carboxylic acids is 1. The fourth-order valence-corrected chi connectivity index (χ4v) is 2.27. The van der Waals surface area contributed by atoms with Crippen LogP contribution >= 0.6 is 0 Å². The van der Waals surface area contributed by atoms with Crippen molar-refractivity contribution >= 4 is 16.7 Å². The Balaban J connectivity index is 1.99. The van der Waals surface area contributed by atoms with Crippen molar-refractivity contribution in [3.05, 3.63) is 47.5 Å². The Bertz CT molecular complexity index is 582. The van der Waals surface area contributed by atoms with E-state index >= 15 is 0 Å². The van der Waals surface area contributed by atoms with Crippen LogP contribution in [0.1, 0.15) is 29.9 Å². The molecule has 0 amide bonds. The largest absolute Gasteiger partial charge is 0.481 e. The zero-order valence-electron chi connectivity index (χ0n) is 9.52. The minimum Gasteiger partial charge on any atom is -0.481 e. The molecule has 2 nitrogen and oxygen atoms in total. The van der Waals surface area contributed by atoms with Crippen LogP contribution in [0.3, 0.4) is 0 Å².